The lowest BCUT2D eigenvalue weighted by Gasteiger charge is -1.92. The molecule has 0 N–H and O–H groups in total. The lowest BCUT2D eigenvalue weighted by molar-refractivity contribution is 0.761. The molecule has 0 aromatic carbocycles. The first-order chi connectivity index (χ1) is 7.41. The van der Waals surface area contributed by atoms with E-state index in [1.807, 2.05) is 0 Å². The van der Waals surface area contributed by atoms with E-state index in [1.54, 1.807) is 0 Å². The van der Waals surface area contributed by atoms with Gasteiger partial charge in [-0.15, -0.1) is 0 Å². The predicted molar refractivity (Wildman–Crippen MR) is 71.1 cm³/mol. The van der Waals surface area contributed by atoms with E-state index in [4.69, 9.17) is 0 Å². The number of hydrogen-bond acceptors (Lipinski definition) is 0. The van der Waals surface area contributed by atoms with Crippen LogP contribution in [0.15, 0.2) is 36.5 Å². The van der Waals surface area contributed by atoms with Gasteiger partial charge >= 0.3 is 0 Å². The topological polar surface area (TPSA) is 0 Å². The van der Waals surface area contributed by atoms with Gasteiger partial charge in [-0.2, -0.15) is 0 Å². The van der Waals surface area contributed by atoms with Gasteiger partial charge < -0.3 is 0 Å². The zero-order chi connectivity index (χ0) is 11.2. The third-order valence-corrected chi connectivity index (χ3v) is 2.29. The molecule has 0 saturated carbocycles. The fourth-order valence-electron chi connectivity index (χ4n) is 1.36. The van der Waals surface area contributed by atoms with E-state index in [2.05, 4.69) is 50.3 Å². The van der Waals surface area contributed by atoms with Gasteiger partial charge in [-0.1, -0.05) is 49.8 Å². The number of unbranched alkanes of at least 4 members (excludes halogenated alkanes) is 4. The Hall–Kier alpha value is -0.780. The Morgan fingerprint density at radius 3 is 1.93 bits per heavy atom. The minimum Gasteiger partial charge on any atom is -0.0917 e. The quantitative estimate of drug-likeness (QED) is 0.349. The maximum atomic E-state index is 2.31. The summed E-state index contributed by atoms with van der Waals surface area (Å²) in [5, 5.41) is 0. The van der Waals surface area contributed by atoms with Crippen molar-refractivity contribution in [1.29, 1.82) is 0 Å². The molecule has 0 unspecified atom stereocenters. The fraction of sp³-hybridized carbons (Fsp3) is 0.600. The molecule has 0 spiro atoms. The van der Waals surface area contributed by atoms with Crippen LogP contribution in [0.25, 0.3) is 0 Å². The van der Waals surface area contributed by atoms with Crippen molar-refractivity contribution in [3.63, 3.8) is 0 Å². The second kappa shape index (κ2) is 13.2. The lowest BCUT2D eigenvalue weighted by Crippen LogP contribution is -1.72. The van der Waals surface area contributed by atoms with Crippen molar-refractivity contribution in [2.24, 2.45) is 0 Å². The molecule has 0 heterocycles. The van der Waals surface area contributed by atoms with Gasteiger partial charge in [-0.3, -0.25) is 0 Å². The molecule has 0 fully saturated rings. The van der Waals surface area contributed by atoms with Gasteiger partial charge in [0.25, 0.3) is 0 Å². The molecule has 0 aliphatic carbocycles. The molecule has 86 valence electrons. The Bertz CT molecular complexity index is 184. The molecule has 0 atom stereocenters. The average molecular weight is 206 g/mol. The van der Waals surface area contributed by atoms with Gasteiger partial charge in [-0.05, 0) is 45.4 Å². The summed E-state index contributed by atoms with van der Waals surface area (Å²) in [6, 6.07) is 0. The Kier molecular flexibility index (Phi) is 12.5. The maximum Gasteiger partial charge on any atom is -0.0169 e. The van der Waals surface area contributed by atoms with Crippen LogP contribution in [-0.2, 0) is 0 Å². The van der Waals surface area contributed by atoms with E-state index in [0.29, 0.717) is 0 Å². The highest BCUT2D eigenvalue weighted by Crippen LogP contribution is 2.02. The minimum atomic E-state index is 1.11. The van der Waals surface area contributed by atoms with Crippen molar-refractivity contribution in [1.82, 2.24) is 0 Å². The number of hydrogen-bond donors (Lipinski definition) is 0. The molecule has 0 nitrogen and oxygen atoms in total. The Morgan fingerprint density at radius 2 is 1.33 bits per heavy atom. The van der Waals surface area contributed by atoms with Crippen molar-refractivity contribution in [2.45, 2.75) is 58.8 Å². The minimum absolute atomic E-state index is 1.11. The molecule has 15 heavy (non-hydrogen) atoms. The first kappa shape index (κ1) is 14.2. The second-order valence-corrected chi connectivity index (χ2v) is 3.82. The summed E-state index contributed by atoms with van der Waals surface area (Å²) in [5.74, 6) is 0. The van der Waals surface area contributed by atoms with Crippen LogP contribution in [-0.4, -0.2) is 0 Å². The molecule has 0 aromatic rings. The van der Waals surface area contributed by atoms with Crippen molar-refractivity contribution < 1.29 is 0 Å². The summed E-state index contributed by atoms with van der Waals surface area (Å²) in [5.41, 5.74) is 0. The molecule has 0 radical (unpaired) electrons. The summed E-state index contributed by atoms with van der Waals surface area (Å²) in [7, 11) is 0. The van der Waals surface area contributed by atoms with Crippen molar-refractivity contribution in [3.8, 4) is 0 Å². The molecule has 0 aromatic heterocycles. The first-order valence-corrected chi connectivity index (χ1v) is 6.33. The van der Waals surface area contributed by atoms with Crippen molar-refractivity contribution >= 4 is 0 Å². The molecule has 0 heteroatoms. The Morgan fingerprint density at radius 1 is 0.733 bits per heavy atom. The van der Waals surface area contributed by atoms with E-state index in [1.165, 1.54) is 38.5 Å². The SMILES string of the molecule is CC=CCCCCC=CCC=CCCC. The van der Waals surface area contributed by atoms with Gasteiger partial charge in [0.2, 0.25) is 0 Å². The van der Waals surface area contributed by atoms with Crippen LogP contribution >= 0.6 is 0 Å². The van der Waals surface area contributed by atoms with Crippen LogP contribution in [0.1, 0.15) is 58.8 Å². The van der Waals surface area contributed by atoms with Gasteiger partial charge in [-0.25, -0.2) is 0 Å². The van der Waals surface area contributed by atoms with Gasteiger partial charge in [0.05, 0.1) is 0 Å². The highest BCUT2D eigenvalue weighted by Gasteiger charge is 1.82. The summed E-state index contributed by atoms with van der Waals surface area (Å²) in [4.78, 5) is 0. The fourth-order valence-corrected chi connectivity index (χ4v) is 1.36. The molecular weight excluding hydrogens is 180 g/mol. The van der Waals surface area contributed by atoms with Gasteiger partial charge in [0.15, 0.2) is 0 Å². The van der Waals surface area contributed by atoms with Crippen LogP contribution in [0.5, 0.6) is 0 Å². The highest BCUT2D eigenvalue weighted by atomic mass is 13.9. The van der Waals surface area contributed by atoms with Crippen LogP contribution < -0.4 is 0 Å². The van der Waals surface area contributed by atoms with Crippen LogP contribution in [0.4, 0.5) is 0 Å². The van der Waals surface area contributed by atoms with Crippen LogP contribution in [0.2, 0.25) is 0 Å². The zero-order valence-corrected chi connectivity index (χ0v) is 10.4. The summed E-state index contributed by atoms with van der Waals surface area (Å²) < 4.78 is 0. The van der Waals surface area contributed by atoms with E-state index in [-0.39, 0.29) is 0 Å². The molecule has 0 saturated heterocycles. The highest BCUT2D eigenvalue weighted by molar-refractivity contribution is 4.92. The Labute approximate surface area is 95.8 Å². The second-order valence-electron chi connectivity index (χ2n) is 3.82. The summed E-state index contributed by atoms with van der Waals surface area (Å²) in [6.45, 7) is 4.30. The Balaban J connectivity index is 3.17. The standard InChI is InChI=1S/C15H26/c1-3-5-7-9-11-13-15-14-12-10-8-6-4-2/h3,5,8,10,14-15H,4,6-7,9,11-13H2,1-2H3. The molecule has 0 aliphatic heterocycles. The first-order valence-electron chi connectivity index (χ1n) is 6.33. The van der Waals surface area contributed by atoms with E-state index < -0.39 is 0 Å². The van der Waals surface area contributed by atoms with Crippen molar-refractivity contribution in [3.05, 3.63) is 36.5 Å². The number of allylic oxidation sites excluding steroid dienone is 6. The summed E-state index contributed by atoms with van der Waals surface area (Å²) >= 11 is 0. The lowest BCUT2D eigenvalue weighted by atomic mass is 10.1. The average Bonchev–Trinajstić information content (AvgIpc) is 2.26. The molecule has 0 amide bonds. The van der Waals surface area contributed by atoms with E-state index >= 15 is 0 Å². The molecule has 0 rings (SSSR count). The predicted octanol–water partition coefficient (Wildman–Crippen LogP) is 5.43. The summed E-state index contributed by atoms with van der Waals surface area (Å²) in [6.07, 6.45) is 22.2. The van der Waals surface area contributed by atoms with E-state index in [0.717, 1.165) is 6.42 Å². The normalized spacial score (nSPS) is 12.4. The largest absolute Gasteiger partial charge is 0.0917 e. The molecule has 0 bridgehead atoms. The van der Waals surface area contributed by atoms with Crippen LogP contribution in [0, 0.1) is 0 Å². The van der Waals surface area contributed by atoms with Crippen molar-refractivity contribution in [2.75, 3.05) is 0 Å². The monoisotopic (exact) mass is 206 g/mol. The van der Waals surface area contributed by atoms with Gasteiger partial charge in [0, 0.05) is 0 Å². The zero-order valence-electron chi connectivity index (χ0n) is 10.4. The third-order valence-electron chi connectivity index (χ3n) is 2.29. The van der Waals surface area contributed by atoms with E-state index in [9.17, 15) is 0 Å². The molecule has 0 aliphatic rings. The third kappa shape index (κ3) is 13.2. The smallest absolute Gasteiger partial charge is 0.0169 e. The molecular formula is C15H26. The number of rotatable bonds is 9. The van der Waals surface area contributed by atoms with Gasteiger partial charge in [0.1, 0.15) is 0 Å². The van der Waals surface area contributed by atoms with Crippen LogP contribution in [0.3, 0.4) is 0 Å². The maximum absolute atomic E-state index is 2.31.